The molecule has 0 bridgehead atoms. The van der Waals surface area contributed by atoms with Gasteiger partial charge in [0.2, 0.25) is 0 Å². The third-order valence-electron chi connectivity index (χ3n) is 4.33. The van der Waals surface area contributed by atoms with E-state index >= 15 is 0 Å². The number of aromatic nitrogens is 1. The zero-order valence-electron chi connectivity index (χ0n) is 14.5. The first-order valence-electron chi connectivity index (χ1n) is 8.64. The Balaban J connectivity index is 1.41. The van der Waals surface area contributed by atoms with E-state index in [0.29, 0.717) is 18.3 Å². The van der Waals surface area contributed by atoms with Crippen LogP contribution in [0.4, 0.5) is 4.79 Å². The molecule has 0 radical (unpaired) electrons. The van der Waals surface area contributed by atoms with E-state index in [1.807, 2.05) is 53.4 Å². The number of para-hydroxylation sites is 1. The molecule has 1 saturated heterocycles. The fourth-order valence-corrected chi connectivity index (χ4v) is 3.86. The first kappa shape index (κ1) is 17.7. The van der Waals surface area contributed by atoms with Gasteiger partial charge in [-0.05, 0) is 29.8 Å². The molecule has 4 rings (SSSR count). The molecule has 0 amide bonds. The Bertz CT molecular complexity index is 895. The lowest BCUT2D eigenvalue weighted by Crippen LogP contribution is -2.52. The van der Waals surface area contributed by atoms with Gasteiger partial charge in [-0.2, -0.15) is 0 Å². The van der Waals surface area contributed by atoms with Crippen molar-refractivity contribution >= 4 is 27.7 Å². The second-order valence-electron chi connectivity index (χ2n) is 6.21. The Labute approximate surface area is 160 Å². The van der Waals surface area contributed by atoms with Crippen LogP contribution in [0.1, 0.15) is 5.56 Å². The van der Waals surface area contributed by atoms with E-state index in [9.17, 15) is 4.79 Å². The van der Waals surface area contributed by atoms with Gasteiger partial charge in [-0.15, -0.1) is 0 Å². The lowest BCUT2D eigenvalue weighted by atomic mass is 10.2. The van der Waals surface area contributed by atoms with Crippen molar-refractivity contribution in [3.05, 3.63) is 54.1 Å². The lowest BCUT2D eigenvalue weighted by molar-refractivity contribution is -0.0505. The number of carbonyl (C=O) groups is 1. The summed E-state index contributed by atoms with van der Waals surface area (Å²) in [6, 6.07) is 15.7. The predicted octanol–water partition coefficient (Wildman–Crippen LogP) is 3.51. The summed E-state index contributed by atoms with van der Waals surface area (Å²) in [6.45, 7) is 2.63. The Hall–Kier alpha value is -2.68. The summed E-state index contributed by atoms with van der Waals surface area (Å²) in [5.41, 5.74) is 1.99. The van der Waals surface area contributed by atoms with E-state index in [-0.39, 0.29) is 0 Å². The summed E-state index contributed by atoms with van der Waals surface area (Å²) >= 11 is 1.51. The van der Waals surface area contributed by atoms with Crippen molar-refractivity contribution < 1.29 is 19.4 Å². The van der Waals surface area contributed by atoms with Crippen LogP contribution in [0.5, 0.6) is 10.9 Å². The van der Waals surface area contributed by atoms with Crippen LogP contribution < -0.4 is 10.1 Å². The van der Waals surface area contributed by atoms with Crippen LogP contribution in [0.2, 0.25) is 0 Å². The van der Waals surface area contributed by atoms with Crippen molar-refractivity contribution in [3.8, 4) is 10.9 Å². The second-order valence-corrected chi connectivity index (χ2v) is 7.20. The van der Waals surface area contributed by atoms with Crippen LogP contribution in [0.15, 0.2) is 48.5 Å². The highest BCUT2D eigenvalue weighted by Crippen LogP contribution is 2.31. The molecule has 2 aromatic carbocycles. The maximum Gasteiger partial charge on any atom is 0.507 e. The number of rotatable bonds is 5. The smallest absolute Gasteiger partial charge is 0.450 e. The largest absolute Gasteiger partial charge is 0.507 e. The molecule has 140 valence electrons. The Kier molecular flexibility index (Phi) is 5.19. The average molecular weight is 385 g/mol. The number of ether oxygens (including phenoxy) is 2. The first-order valence-corrected chi connectivity index (χ1v) is 9.46. The number of thiazole rings is 1. The molecule has 3 aromatic rings. The van der Waals surface area contributed by atoms with Gasteiger partial charge in [-0.1, -0.05) is 35.6 Å². The number of hydrogen-bond acceptors (Lipinski definition) is 7. The van der Waals surface area contributed by atoms with Crippen LogP contribution in [-0.4, -0.2) is 47.0 Å². The predicted molar refractivity (Wildman–Crippen MR) is 102 cm³/mol. The number of nitrogens with one attached hydrogen (secondary N) is 1. The minimum Gasteiger partial charge on any atom is -0.450 e. The third-order valence-corrected chi connectivity index (χ3v) is 5.24. The normalized spacial score (nSPS) is 17.7. The molecule has 1 aliphatic heterocycles. The first-order chi connectivity index (χ1) is 13.2. The minimum atomic E-state index is -1.26. The van der Waals surface area contributed by atoms with E-state index in [0.717, 1.165) is 34.6 Å². The molecule has 27 heavy (non-hydrogen) atoms. The zero-order chi connectivity index (χ0) is 18.6. The SMILES string of the molecule is O=C(O)OC1CNCCN1Cc1ccc(Oc2nc3ccccc3s2)cc1. The van der Waals surface area contributed by atoms with Crippen molar-refractivity contribution in [1.29, 1.82) is 0 Å². The van der Waals surface area contributed by atoms with E-state index in [1.54, 1.807) is 0 Å². The molecule has 0 spiro atoms. The monoisotopic (exact) mass is 385 g/mol. The van der Waals surface area contributed by atoms with Gasteiger partial charge in [0, 0.05) is 26.2 Å². The van der Waals surface area contributed by atoms with Gasteiger partial charge in [-0.3, -0.25) is 4.90 Å². The van der Waals surface area contributed by atoms with Gasteiger partial charge in [0.05, 0.1) is 10.2 Å². The van der Waals surface area contributed by atoms with Crippen LogP contribution >= 0.6 is 11.3 Å². The number of piperazine rings is 1. The van der Waals surface area contributed by atoms with E-state index in [4.69, 9.17) is 14.6 Å². The highest BCUT2D eigenvalue weighted by Gasteiger charge is 2.25. The minimum absolute atomic E-state index is 0.477. The summed E-state index contributed by atoms with van der Waals surface area (Å²) in [4.78, 5) is 17.3. The van der Waals surface area contributed by atoms with Crippen LogP contribution in [0.25, 0.3) is 10.2 Å². The van der Waals surface area contributed by atoms with Crippen molar-refractivity contribution in [2.75, 3.05) is 19.6 Å². The number of nitrogens with zero attached hydrogens (tertiary/aromatic N) is 2. The molecule has 0 saturated carbocycles. The van der Waals surface area contributed by atoms with Crippen LogP contribution in [-0.2, 0) is 11.3 Å². The molecule has 2 heterocycles. The molecule has 7 nitrogen and oxygen atoms in total. The van der Waals surface area contributed by atoms with Crippen molar-refractivity contribution in [1.82, 2.24) is 15.2 Å². The average Bonchev–Trinajstić information content (AvgIpc) is 3.07. The molecule has 0 aliphatic carbocycles. The number of carboxylic acid groups (broad SMARTS) is 1. The van der Waals surface area contributed by atoms with Gasteiger partial charge in [0.1, 0.15) is 5.75 Å². The summed E-state index contributed by atoms with van der Waals surface area (Å²) in [6.07, 6.45) is -1.73. The zero-order valence-corrected chi connectivity index (χ0v) is 15.3. The van der Waals surface area contributed by atoms with Gasteiger partial charge in [-0.25, -0.2) is 9.78 Å². The van der Waals surface area contributed by atoms with Gasteiger partial charge < -0.3 is 19.9 Å². The highest BCUT2D eigenvalue weighted by atomic mass is 32.1. The van der Waals surface area contributed by atoms with Gasteiger partial charge in [0.25, 0.3) is 5.19 Å². The molecule has 2 N–H and O–H groups in total. The molecule has 1 fully saturated rings. The summed E-state index contributed by atoms with van der Waals surface area (Å²) in [5.74, 6) is 0.719. The van der Waals surface area contributed by atoms with E-state index in [2.05, 4.69) is 10.3 Å². The van der Waals surface area contributed by atoms with Crippen molar-refractivity contribution in [2.45, 2.75) is 12.8 Å². The summed E-state index contributed by atoms with van der Waals surface area (Å²) < 4.78 is 11.9. The molecule has 1 atom stereocenters. The second kappa shape index (κ2) is 7.91. The fourth-order valence-electron chi connectivity index (χ4n) is 3.03. The number of hydrogen-bond donors (Lipinski definition) is 2. The molecule has 1 aromatic heterocycles. The van der Waals surface area contributed by atoms with Crippen molar-refractivity contribution in [3.63, 3.8) is 0 Å². The van der Waals surface area contributed by atoms with E-state index < -0.39 is 12.4 Å². The standard InChI is InChI=1S/C19H19N3O4S/c23-19(24)26-17-11-20-9-10-22(17)12-13-5-7-14(8-6-13)25-18-21-15-3-1-2-4-16(15)27-18/h1-8,17,20H,9-12H2,(H,23,24). The Morgan fingerprint density at radius 2 is 2.07 bits per heavy atom. The molecule has 8 heteroatoms. The maximum atomic E-state index is 10.9. The quantitative estimate of drug-likeness (QED) is 0.650. The number of benzene rings is 2. The van der Waals surface area contributed by atoms with Crippen LogP contribution in [0.3, 0.4) is 0 Å². The third kappa shape index (κ3) is 4.36. The highest BCUT2D eigenvalue weighted by molar-refractivity contribution is 7.20. The molecular formula is C19H19N3O4S. The van der Waals surface area contributed by atoms with Gasteiger partial charge >= 0.3 is 6.16 Å². The topological polar surface area (TPSA) is 83.9 Å². The maximum absolute atomic E-state index is 10.9. The van der Waals surface area contributed by atoms with Crippen LogP contribution in [0, 0.1) is 0 Å². The summed E-state index contributed by atoms with van der Waals surface area (Å²) in [5, 5.41) is 12.6. The van der Waals surface area contributed by atoms with Crippen molar-refractivity contribution in [2.24, 2.45) is 0 Å². The fraction of sp³-hybridized carbons (Fsp3) is 0.263. The Morgan fingerprint density at radius 1 is 1.26 bits per heavy atom. The van der Waals surface area contributed by atoms with Gasteiger partial charge in [0.15, 0.2) is 6.23 Å². The number of fused-ring (bicyclic) bond motifs is 1. The molecular weight excluding hydrogens is 366 g/mol. The molecule has 1 unspecified atom stereocenters. The molecule has 1 aliphatic rings. The summed E-state index contributed by atoms with van der Waals surface area (Å²) in [7, 11) is 0. The van der Waals surface area contributed by atoms with E-state index in [1.165, 1.54) is 11.3 Å². The lowest BCUT2D eigenvalue weighted by Gasteiger charge is -2.34. The Morgan fingerprint density at radius 3 is 2.85 bits per heavy atom.